The van der Waals surface area contributed by atoms with E-state index in [4.69, 9.17) is 0 Å². The number of fused-ring (bicyclic) bond motifs is 1. The van der Waals surface area contributed by atoms with Gasteiger partial charge in [-0.15, -0.1) is 11.3 Å². The molecule has 0 aliphatic carbocycles. The lowest BCUT2D eigenvalue weighted by Gasteiger charge is -2.18. The van der Waals surface area contributed by atoms with Gasteiger partial charge in [0.1, 0.15) is 17.3 Å². The Hall–Kier alpha value is -4.52. The van der Waals surface area contributed by atoms with Crippen LogP contribution in [-0.2, 0) is 0 Å². The topological polar surface area (TPSA) is 129 Å². The Kier molecular flexibility index (Phi) is 7.65. The number of nitrogens with zero attached hydrogens (tertiary/aromatic N) is 3. The van der Waals surface area contributed by atoms with Gasteiger partial charge in [0, 0.05) is 22.7 Å². The van der Waals surface area contributed by atoms with Crippen LogP contribution in [0.3, 0.4) is 0 Å². The van der Waals surface area contributed by atoms with Crippen LogP contribution in [0.15, 0.2) is 70.8 Å². The zero-order valence-electron chi connectivity index (χ0n) is 21.1. The van der Waals surface area contributed by atoms with Crippen molar-refractivity contribution in [3.63, 3.8) is 0 Å². The molecule has 0 bridgehead atoms. The summed E-state index contributed by atoms with van der Waals surface area (Å²) >= 11 is 1.30. The van der Waals surface area contributed by atoms with Gasteiger partial charge >= 0.3 is 0 Å². The standard InChI is InChI=1S/C28H23F2N5O4S/c1-15-7-8-16(31-27(39)22-6-3-11-40-22)12-19(15)24-18-9-10-23(38)35(25-20(29)4-2-5-21(25)30)26(18)34-28(33-24)32-17(13-36)14-37/h2-12,17,36-37H,13-14H2,1H3,(H,31,39)(H,32,33,34). The van der Waals surface area contributed by atoms with Crippen LogP contribution in [0.25, 0.3) is 28.0 Å². The molecule has 0 radical (unpaired) electrons. The fraction of sp³-hybridized carbons (Fsp3) is 0.143. The number of amides is 1. The molecule has 0 fully saturated rings. The second-order valence-corrected chi connectivity index (χ2v) is 9.83. The first-order valence-electron chi connectivity index (χ1n) is 12.1. The number of nitrogens with one attached hydrogen (secondary N) is 2. The van der Waals surface area contributed by atoms with Crippen molar-refractivity contribution in [2.75, 3.05) is 23.8 Å². The van der Waals surface area contributed by atoms with Crippen molar-refractivity contribution in [2.45, 2.75) is 13.0 Å². The first-order chi connectivity index (χ1) is 19.3. The lowest BCUT2D eigenvalue weighted by molar-refractivity contribution is 0.103. The van der Waals surface area contributed by atoms with E-state index in [-0.39, 0.29) is 23.2 Å². The fourth-order valence-corrected chi connectivity index (χ4v) is 4.81. The summed E-state index contributed by atoms with van der Waals surface area (Å²) < 4.78 is 30.6. The van der Waals surface area contributed by atoms with Crippen LogP contribution in [-0.4, -0.2) is 49.9 Å². The summed E-state index contributed by atoms with van der Waals surface area (Å²) in [6.07, 6.45) is 0. The molecule has 9 nitrogen and oxygen atoms in total. The number of carbonyl (C=O) groups excluding carboxylic acids is 1. The Morgan fingerprint density at radius 2 is 1.77 bits per heavy atom. The highest BCUT2D eigenvalue weighted by Gasteiger charge is 2.21. The fourth-order valence-electron chi connectivity index (χ4n) is 4.19. The van der Waals surface area contributed by atoms with Gasteiger partial charge in [0.2, 0.25) is 5.95 Å². The number of rotatable bonds is 8. The third kappa shape index (κ3) is 5.19. The third-order valence-corrected chi connectivity index (χ3v) is 7.05. The van der Waals surface area contributed by atoms with E-state index in [0.717, 1.165) is 28.3 Å². The number of hydrogen-bond acceptors (Lipinski definition) is 8. The SMILES string of the molecule is Cc1ccc(NC(=O)c2cccs2)cc1-c1nc(NC(CO)CO)nc2c1ccc(=O)n2-c1c(F)cccc1F. The second-order valence-electron chi connectivity index (χ2n) is 8.88. The quantitative estimate of drug-likeness (QED) is 0.224. The van der Waals surface area contributed by atoms with E-state index in [9.17, 15) is 28.6 Å². The van der Waals surface area contributed by atoms with Crippen LogP contribution >= 0.6 is 11.3 Å². The van der Waals surface area contributed by atoms with Crippen molar-refractivity contribution in [3.8, 4) is 16.9 Å². The van der Waals surface area contributed by atoms with Gasteiger partial charge in [0.15, 0.2) is 5.65 Å². The third-order valence-electron chi connectivity index (χ3n) is 6.18. The van der Waals surface area contributed by atoms with E-state index in [0.29, 0.717) is 21.5 Å². The zero-order chi connectivity index (χ0) is 28.4. The van der Waals surface area contributed by atoms with Gasteiger partial charge in [-0.1, -0.05) is 18.2 Å². The molecule has 4 N–H and O–H groups in total. The number of aryl methyl sites for hydroxylation is 1. The molecule has 0 aliphatic heterocycles. The number of thiophene rings is 1. The first-order valence-corrected chi connectivity index (χ1v) is 13.0. The maximum absolute atomic E-state index is 14.9. The molecule has 3 aromatic heterocycles. The number of hydrogen-bond donors (Lipinski definition) is 4. The van der Waals surface area contributed by atoms with E-state index in [2.05, 4.69) is 20.6 Å². The van der Waals surface area contributed by atoms with Crippen LogP contribution in [0, 0.1) is 18.6 Å². The Labute approximate surface area is 230 Å². The molecule has 40 heavy (non-hydrogen) atoms. The summed E-state index contributed by atoms with van der Waals surface area (Å²) in [4.78, 5) is 35.2. The number of aliphatic hydroxyl groups is 2. The largest absolute Gasteiger partial charge is 0.394 e. The molecule has 0 saturated heterocycles. The van der Waals surface area contributed by atoms with Crippen molar-refractivity contribution in [3.05, 3.63) is 98.5 Å². The monoisotopic (exact) mass is 563 g/mol. The molecular formula is C28H23F2N5O4S. The smallest absolute Gasteiger partial charge is 0.265 e. The van der Waals surface area contributed by atoms with E-state index in [1.165, 1.54) is 23.5 Å². The normalized spacial score (nSPS) is 11.2. The summed E-state index contributed by atoms with van der Waals surface area (Å²) in [5.41, 5.74) is 0.601. The van der Waals surface area contributed by atoms with Crippen LogP contribution in [0.5, 0.6) is 0 Å². The van der Waals surface area contributed by atoms with E-state index < -0.39 is 42.1 Å². The highest BCUT2D eigenvalue weighted by Crippen LogP contribution is 2.33. The molecule has 2 aromatic carbocycles. The summed E-state index contributed by atoms with van der Waals surface area (Å²) in [5, 5.41) is 26.9. The Morgan fingerprint density at radius 3 is 2.45 bits per heavy atom. The van der Waals surface area contributed by atoms with Crippen LogP contribution in [0.2, 0.25) is 0 Å². The van der Waals surface area contributed by atoms with E-state index in [1.54, 1.807) is 35.7 Å². The van der Waals surface area contributed by atoms with Gasteiger partial charge in [-0.25, -0.2) is 13.8 Å². The average molecular weight is 564 g/mol. The van der Waals surface area contributed by atoms with Crippen LogP contribution in [0.1, 0.15) is 15.2 Å². The lowest BCUT2D eigenvalue weighted by atomic mass is 10.0. The minimum absolute atomic E-state index is 0.0980. The molecule has 1 amide bonds. The summed E-state index contributed by atoms with van der Waals surface area (Å²) in [6.45, 7) is 0.901. The van der Waals surface area contributed by atoms with Crippen LogP contribution in [0.4, 0.5) is 20.4 Å². The Morgan fingerprint density at radius 1 is 1.02 bits per heavy atom. The summed E-state index contributed by atoms with van der Waals surface area (Å²) in [5.74, 6) is -2.33. The number of halogens is 2. The number of aliphatic hydroxyl groups excluding tert-OH is 2. The maximum atomic E-state index is 14.9. The number of aromatic nitrogens is 3. The number of pyridine rings is 1. The zero-order valence-corrected chi connectivity index (χ0v) is 21.9. The highest BCUT2D eigenvalue weighted by molar-refractivity contribution is 7.12. The minimum atomic E-state index is -0.970. The molecule has 3 heterocycles. The van der Waals surface area contributed by atoms with Crippen molar-refractivity contribution >= 4 is 39.9 Å². The molecule has 0 atom stereocenters. The maximum Gasteiger partial charge on any atom is 0.265 e. The predicted octanol–water partition coefficient (Wildman–Crippen LogP) is 4.11. The molecule has 12 heteroatoms. The minimum Gasteiger partial charge on any atom is -0.394 e. The van der Waals surface area contributed by atoms with Gasteiger partial charge < -0.3 is 20.8 Å². The highest BCUT2D eigenvalue weighted by atomic mass is 32.1. The van der Waals surface area contributed by atoms with Gasteiger partial charge in [-0.05, 0) is 54.3 Å². The Balaban J connectivity index is 1.75. The Bertz CT molecular complexity index is 1750. The van der Waals surface area contributed by atoms with Crippen molar-refractivity contribution in [1.82, 2.24) is 14.5 Å². The molecule has 0 aliphatic rings. The predicted molar refractivity (Wildman–Crippen MR) is 149 cm³/mol. The second kappa shape index (κ2) is 11.3. The number of para-hydroxylation sites is 1. The van der Waals surface area contributed by atoms with Crippen molar-refractivity contribution in [1.29, 1.82) is 0 Å². The molecule has 0 saturated carbocycles. The van der Waals surface area contributed by atoms with Gasteiger partial charge in [-0.2, -0.15) is 4.98 Å². The molecule has 0 unspecified atom stereocenters. The van der Waals surface area contributed by atoms with E-state index >= 15 is 0 Å². The molecule has 204 valence electrons. The van der Waals surface area contributed by atoms with Gasteiger partial charge in [-0.3, -0.25) is 14.2 Å². The van der Waals surface area contributed by atoms with Crippen molar-refractivity contribution < 1.29 is 23.8 Å². The number of anilines is 2. The van der Waals surface area contributed by atoms with E-state index in [1.807, 2.05) is 6.92 Å². The molecular weight excluding hydrogens is 540 g/mol. The molecule has 5 rings (SSSR count). The average Bonchev–Trinajstić information content (AvgIpc) is 3.49. The number of benzene rings is 2. The van der Waals surface area contributed by atoms with Crippen LogP contribution < -0.4 is 16.2 Å². The van der Waals surface area contributed by atoms with Gasteiger partial charge in [0.05, 0.1) is 29.8 Å². The summed E-state index contributed by atoms with van der Waals surface area (Å²) in [7, 11) is 0. The first kappa shape index (κ1) is 27.1. The molecule has 0 spiro atoms. The number of carbonyl (C=O) groups is 1. The molecule has 5 aromatic rings. The van der Waals surface area contributed by atoms with Crippen molar-refractivity contribution in [2.24, 2.45) is 0 Å². The van der Waals surface area contributed by atoms with Gasteiger partial charge in [0.25, 0.3) is 11.5 Å². The summed E-state index contributed by atoms with van der Waals surface area (Å²) in [6, 6.07) is 13.7. The lowest BCUT2D eigenvalue weighted by Crippen LogP contribution is -2.29.